The zero-order valence-corrected chi connectivity index (χ0v) is 11.5. The number of hydrogen-bond donors (Lipinski definition) is 1. The van der Waals surface area contributed by atoms with E-state index in [9.17, 15) is 0 Å². The van der Waals surface area contributed by atoms with Gasteiger partial charge in [0.15, 0.2) is 0 Å². The minimum Gasteiger partial charge on any atom is -0.381 e. The Morgan fingerprint density at radius 3 is 2.71 bits per heavy atom. The molecular formula is C14H20ClNO. The number of rotatable bonds is 3. The first-order valence-electron chi connectivity index (χ1n) is 6.15. The maximum atomic E-state index is 6.15. The third-order valence-electron chi connectivity index (χ3n) is 3.63. The molecule has 0 aliphatic carbocycles. The van der Waals surface area contributed by atoms with Crippen LogP contribution in [0.15, 0.2) is 12.1 Å². The second-order valence-corrected chi connectivity index (χ2v) is 5.26. The lowest BCUT2D eigenvalue weighted by Gasteiger charge is -2.24. The molecule has 0 aromatic heterocycles. The third-order valence-corrected chi connectivity index (χ3v) is 4.04. The molecule has 17 heavy (non-hydrogen) atoms. The quantitative estimate of drug-likeness (QED) is 0.893. The number of benzene rings is 1. The van der Waals surface area contributed by atoms with Gasteiger partial charge in [-0.05, 0) is 50.1 Å². The van der Waals surface area contributed by atoms with Crippen LogP contribution in [-0.4, -0.2) is 20.3 Å². The lowest BCUT2D eigenvalue weighted by molar-refractivity contribution is 0.177. The van der Waals surface area contributed by atoms with Crippen LogP contribution in [0.1, 0.15) is 29.2 Å². The van der Waals surface area contributed by atoms with Gasteiger partial charge in [-0.2, -0.15) is 0 Å². The van der Waals surface area contributed by atoms with Crippen molar-refractivity contribution >= 4 is 11.6 Å². The molecule has 2 atom stereocenters. The fourth-order valence-corrected chi connectivity index (χ4v) is 2.82. The molecule has 1 aromatic rings. The Kier molecular flexibility index (Phi) is 4.08. The van der Waals surface area contributed by atoms with Gasteiger partial charge in [-0.25, -0.2) is 0 Å². The van der Waals surface area contributed by atoms with Crippen molar-refractivity contribution in [2.45, 2.75) is 26.3 Å². The van der Waals surface area contributed by atoms with Crippen LogP contribution < -0.4 is 5.32 Å². The molecule has 3 heteroatoms. The van der Waals surface area contributed by atoms with E-state index in [4.69, 9.17) is 16.3 Å². The molecule has 1 fully saturated rings. The number of aryl methyl sites for hydroxylation is 2. The Bertz CT molecular complexity index is 399. The molecule has 1 aliphatic heterocycles. The smallest absolute Gasteiger partial charge is 0.0513 e. The Morgan fingerprint density at radius 2 is 2.12 bits per heavy atom. The van der Waals surface area contributed by atoms with Gasteiger partial charge in [-0.3, -0.25) is 0 Å². The van der Waals surface area contributed by atoms with Gasteiger partial charge in [0.05, 0.1) is 6.61 Å². The first-order valence-corrected chi connectivity index (χ1v) is 6.53. The van der Waals surface area contributed by atoms with Crippen molar-refractivity contribution in [2.75, 3.05) is 20.3 Å². The predicted molar refractivity (Wildman–Crippen MR) is 71.7 cm³/mol. The molecule has 0 amide bonds. The molecule has 2 unspecified atom stereocenters. The topological polar surface area (TPSA) is 21.3 Å². The standard InChI is InChI=1S/C14H20ClNO/c1-9-7-13(15)10(2)6-12(9)14(16-3)11-4-5-17-8-11/h6-7,11,14,16H,4-5,8H2,1-3H3. The average Bonchev–Trinajstić information content (AvgIpc) is 2.80. The van der Waals surface area contributed by atoms with Crippen LogP contribution in [0.2, 0.25) is 5.02 Å². The number of nitrogens with one attached hydrogen (secondary N) is 1. The highest BCUT2D eigenvalue weighted by atomic mass is 35.5. The molecule has 2 nitrogen and oxygen atoms in total. The van der Waals surface area contributed by atoms with Crippen molar-refractivity contribution < 1.29 is 4.74 Å². The minimum atomic E-state index is 0.369. The fraction of sp³-hybridized carbons (Fsp3) is 0.571. The summed E-state index contributed by atoms with van der Waals surface area (Å²) in [6.45, 7) is 5.92. The van der Waals surface area contributed by atoms with Crippen LogP contribution in [0.25, 0.3) is 0 Å². The summed E-state index contributed by atoms with van der Waals surface area (Å²) in [5, 5.41) is 4.28. The lowest BCUT2D eigenvalue weighted by atomic mass is 9.89. The Balaban J connectivity index is 2.32. The molecular weight excluding hydrogens is 234 g/mol. The summed E-state index contributed by atoms with van der Waals surface area (Å²) in [5.74, 6) is 0.569. The van der Waals surface area contributed by atoms with E-state index in [1.807, 2.05) is 7.05 Å². The number of hydrogen-bond acceptors (Lipinski definition) is 2. The fourth-order valence-electron chi connectivity index (χ4n) is 2.60. The average molecular weight is 254 g/mol. The molecule has 1 aliphatic rings. The summed E-state index contributed by atoms with van der Waals surface area (Å²) in [6.07, 6.45) is 1.13. The van der Waals surface area contributed by atoms with Crippen molar-refractivity contribution in [1.29, 1.82) is 0 Å². The van der Waals surface area contributed by atoms with Gasteiger partial charge >= 0.3 is 0 Å². The SMILES string of the molecule is CNC(c1cc(C)c(Cl)cc1C)C1CCOC1. The monoisotopic (exact) mass is 253 g/mol. The van der Waals surface area contributed by atoms with Gasteiger partial charge in [0.25, 0.3) is 0 Å². The molecule has 0 radical (unpaired) electrons. The summed E-state index contributed by atoms with van der Waals surface area (Å²) in [4.78, 5) is 0. The predicted octanol–water partition coefficient (Wildman–Crippen LogP) is 3.25. The van der Waals surface area contributed by atoms with Crippen LogP contribution in [0, 0.1) is 19.8 Å². The van der Waals surface area contributed by atoms with E-state index in [1.54, 1.807) is 0 Å². The molecule has 94 valence electrons. The van der Waals surface area contributed by atoms with Gasteiger partial charge in [0, 0.05) is 23.6 Å². The molecule has 1 saturated heterocycles. The van der Waals surface area contributed by atoms with Crippen molar-refractivity contribution in [3.8, 4) is 0 Å². The van der Waals surface area contributed by atoms with Gasteiger partial charge in [0.2, 0.25) is 0 Å². The molecule has 0 saturated carbocycles. The molecule has 2 rings (SSSR count). The normalized spacial score (nSPS) is 21.8. The summed E-state index contributed by atoms with van der Waals surface area (Å²) >= 11 is 6.15. The highest BCUT2D eigenvalue weighted by Crippen LogP contribution is 2.32. The Hall–Kier alpha value is -0.570. The summed E-state index contributed by atoms with van der Waals surface area (Å²) in [7, 11) is 2.02. The molecule has 1 N–H and O–H groups in total. The first-order chi connectivity index (χ1) is 8.13. The number of halogens is 1. The largest absolute Gasteiger partial charge is 0.381 e. The van der Waals surface area contributed by atoms with E-state index >= 15 is 0 Å². The zero-order valence-electron chi connectivity index (χ0n) is 10.7. The van der Waals surface area contributed by atoms with Crippen molar-refractivity contribution in [2.24, 2.45) is 5.92 Å². The van der Waals surface area contributed by atoms with Crippen LogP contribution in [0.5, 0.6) is 0 Å². The summed E-state index contributed by atoms with van der Waals surface area (Å²) in [5.41, 5.74) is 3.75. The molecule has 0 bridgehead atoms. The van der Waals surface area contributed by atoms with Crippen molar-refractivity contribution in [3.05, 3.63) is 33.8 Å². The maximum Gasteiger partial charge on any atom is 0.0513 e. The molecule has 1 aromatic carbocycles. The van der Waals surface area contributed by atoms with Crippen LogP contribution >= 0.6 is 11.6 Å². The highest BCUT2D eigenvalue weighted by molar-refractivity contribution is 6.31. The lowest BCUT2D eigenvalue weighted by Crippen LogP contribution is -2.26. The van der Waals surface area contributed by atoms with E-state index in [0.29, 0.717) is 12.0 Å². The maximum absolute atomic E-state index is 6.15. The number of ether oxygens (including phenoxy) is 1. The van der Waals surface area contributed by atoms with E-state index in [1.165, 1.54) is 11.1 Å². The van der Waals surface area contributed by atoms with E-state index in [0.717, 1.165) is 30.2 Å². The minimum absolute atomic E-state index is 0.369. The van der Waals surface area contributed by atoms with Crippen LogP contribution in [-0.2, 0) is 4.74 Å². The Morgan fingerprint density at radius 1 is 1.35 bits per heavy atom. The highest BCUT2D eigenvalue weighted by Gasteiger charge is 2.27. The van der Waals surface area contributed by atoms with Crippen LogP contribution in [0.3, 0.4) is 0 Å². The van der Waals surface area contributed by atoms with E-state index < -0.39 is 0 Å². The second kappa shape index (κ2) is 5.38. The third kappa shape index (κ3) is 2.65. The van der Waals surface area contributed by atoms with E-state index in [-0.39, 0.29) is 0 Å². The molecule has 0 spiro atoms. The Labute approximate surface area is 108 Å². The van der Waals surface area contributed by atoms with Gasteiger partial charge in [-0.15, -0.1) is 0 Å². The van der Waals surface area contributed by atoms with Gasteiger partial charge in [0.1, 0.15) is 0 Å². The van der Waals surface area contributed by atoms with Gasteiger partial charge < -0.3 is 10.1 Å². The zero-order chi connectivity index (χ0) is 12.4. The van der Waals surface area contributed by atoms with Crippen LogP contribution in [0.4, 0.5) is 0 Å². The molecule has 1 heterocycles. The van der Waals surface area contributed by atoms with Gasteiger partial charge in [-0.1, -0.05) is 17.7 Å². The van der Waals surface area contributed by atoms with E-state index in [2.05, 4.69) is 31.3 Å². The van der Waals surface area contributed by atoms with Crippen molar-refractivity contribution in [3.63, 3.8) is 0 Å². The summed E-state index contributed by atoms with van der Waals surface area (Å²) < 4.78 is 5.49. The second-order valence-electron chi connectivity index (χ2n) is 4.85. The summed E-state index contributed by atoms with van der Waals surface area (Å²) in [6, 6.07) is 4.64. The first kappa shape index (κ1) is 12.9. The van der Waals surface area contributed by atoms with Crippen molar-refractivity contribution in [1.82, 2.24) is 5.32 Å².